The normalized spacial score (nSPS) is 14.4. The van der Waals surface area contributed by atoms with Crippen molar-refractivity contribution in [3.05, 3.63) is 94.3 Å². The summed E-state index contributed by atoms with van der Waals surface area (Å²) >= 11 is 0. The zero-order valence-corrected chi connectivity index (χ0v) is 18.7. The molecule has 0 unspecified atom stereocenters. The number of nitrogens with zero attached hydrogens (tertiary/aromatic N) is 3. The van der Waals surface area contributed by atoms with Gasteiger partial charge >= 0.3 is 0 Å². The predicted octanol–water partition coefficient (Wildman–Crippen LogP) is 3.16. The Morgan fingerprint density at radius 1 is 1.03 bits per heavy atom. The zero-order valence-electron chi connectivity index (χ0n) is 17.8. The molecule has 0 radical (unpaired) electrons. The first kappa shape index (κ1) is 21.4. The van der Waals surface area contributed by atoms with Crippen molar-refractivity contribution in [2.45, 2.75) is 4.90 Å². The molecule has 0 aliphatic carbocycles. The van der Waals surface area contributed by atoms with Gasteiger partial charge in [-0.3, -0.25) is 4.79 Å². The van der Waals surface area contributed by atoms with Crippen LogP contribution in [0.3, 0.4) is 0 Å². The van der Waals surface area contributed by atoms with Crippen LogP contribution in [0, 0.1) is 0 Å². The highest BCUT2D eigenvalue weighted by atomic mass is 32.2. The monoisotopic (exact) mass is 474 g/mol. The van der Waals surface area contributed by atoms with Gasteiger partial charge in [0.25, 0.3) is 15.6 Å². The second-order valence-electron chi connectivity index (χ2n) is 7.41. The lowest BCUT2D eigenvalue weighted by Gasteiger charge is -2.19. The van der Waals surface area contributed by atoms with Gasteiger partial charge in [-0.05, 0) is 54.1 Å². The largest absolute Gasteiger partial charge is 0.506 e. The Bertz CT molecular complexity index is 1660. The molecule has 0 spiro atoms. The number of methoxy groups -OCH3 is 1. The maximum Gasteiger partial charge on any atom is 0.286 e. The molecule has 0 amide bonds. The summed E-state index contributed by atoms with van der Waals surface area (Å²) in [5, 5.41) is 18.5. The fraction of sp³-hybridized carbons (Fsp3) is 0.0417. The first-order valence-electron chi connectivity index (χ1n) is 10.2. The summed E-state index contributed by atoms with van der Waals surface area (Å²) in [5.41, 5.74) is 0.271. The Hall–Kier alpha value is -4.44. The summed E-state index contributed by atoms with van der Waals surface area (Å²) in [4.78, 5) is 13.5. The van der Waals surface area contributed by atoms with Crippen molar-refractivity contribution in [1.82, 2.24) is 4.68 Å². The number of amidine groups is 1. The first-order valence-corrected chi connectivity index (χ1v) is 11.6. The number of ether oxygens (including phenoxy) is 1. The number of hydrogen-bond donors (Lipinski definition) is 2. The highest BCUT2D eigenvalue weighted by molar-refractivity contribution is 7.90. The van der Waals surface area contributed by atoms with Crippen molar-refractivity contribution in [3.63, 3.8) is 0 Å². The van der Waals surface area contributed by atoms with Crippen LogP contribution in [0.5, 0.6) is 11.5 Å². The number of para-hydroxylation sites is 2. The molecular weight excluding hydrogens is 456 g/mol. The molecule has 0 saturated carbocycles. The van der Waals surface area contributed by atoms with Crippen LogP contribution in [-0.4, -0.2) is 37.4 Å². The number of benzene rings is 3. The summed E-state index contributed by atoms with van der Waals surface area (Å²) in [7, 11) is -2.52. The molecule has 0 fully saturated rings. The molecule has 1 aliphatic rings. The van der Waals surface area contributed by atoms with Gasteiger partial charge in [-0.25, -0.2) is 0 Å². The number of aromatic nitrogens is 1. The van der Waals surface area contributed by atoms with E-state index >= 15 is 0 Å². The number of sulfonamides is 1. The Kier molecular flexibility index (Phi) is 5.14. The van der Waals surface area contributed by atoms with Crippen LogP contribution >= 0.6 is 0 Å². The second kappa shape index (κ2) is 8.16. The van der Waals surface area contributed by atoms with E-state index < -0.39 is 21.3 Å². The van der Waals surface area contributed by atoms with Gasteiger partial charge in [0.1, 0.15) is 22.0 Å². The molecule has 0 atom stereocenters. The molecule has 34 heavy (non-hydrogen) atoms. The van der Waals surface area contributed by atoms with Crippen molar-refractivity contribution in [2.75, 3.05) is 12.4 Å². The van der Waals surface area contributed by atoms with E-state index in [-0.39, 0.29) is 22.0 Å². The zero-order chi connectivity index (χ0) is 23.9. The molecule has 10 heteroatoms. The van der Waals surface area contributed by atoms with Gasteiger partial charge in [-0.15, -0.1) is 4.40 Å². The lowest BCUT2D eigenvalue weighted by atomic mass is 10.1. The summed E-state index contributed by atoms with van der Waals surface area (Å²) in [6, 6.07) is 19.9. The number of anilines is 1. The van der Waals surface area contributed by atoms with E-state index in [1.54, 1.807) is 73.8 Å². The van der Waals surface area contributed by atoms with Gasteiger partial charge in [0.2, 0.25) is 0 Å². The van der Waals surface area contributed by atoms with Crippen LogP contribution in [0.1, 0.15) is 11.1 Å². The number of fused-ring (bicyclic) bond motifs is 2. The Labute approximate surface area is 194 Å². The highest BCUT2D eigenvalue weighted by Gasteiger charge is 2.29. The van der Waals surface area contributed by atoms with E-state index in [9.17, 15) is 18.3 Å². The van der Waals surface area contributed by atoms with E-state index in [0.29, 0.717) is 22.2 Å². The maximum atomic E-state index is 13.5. The van der Waals surface area contributed by atoms with Crippen LogP contribution in [-0.2, 0) is 10.0 Å². The molecule has 1 aromatic heterocycles. The standard InChI is InChI=1S/C24H18N4O5S/c1-33-16-12-10-15(11-13-16)14-25-28-19-8-4-2-6-17(19)22(29)21(24(28)30)23-26-18-7-3-5-9-20(18)34(31,32)27-23/h2-14,29H,1H3,(H,26,27). The summed E-state index contributed by atoms with van der Waals surface area (Å²) in [6.07, 6.45) is 1.48. The Morgan fingerprint density at radius 2 is 1.74 bits per heavy atom. The Morgan fingerprint density at radius 3 is 2.50 bits per heavy atom. The minimum atomic E-state index is -4.09. The second-order valence-corrected chi connectivity index (χ2v) is 8.98. The van der Waals surface area contributed by atoms with E-state index in [1.807, 2.05) is 0 Å². The van der Waals surface area contributed by atoms with Crippen molar-refractivity contribution < 1.29 is 18.3 Å². The maximum absolute atomic E-state index is 13.5. The lowest BCUT2D eigenvalue weighted by Crippen LogP contribution is -2.31. The van der Waals surface area contributed by atoms with E-state index in [4.69, 9.17) is 4.74 Å². The van der Waals surface area contributed by atoms with Gasteiger partial charge in [0.05, 0.1) is 24.5 Å². The SMILES string of the molecule is COc1ccc(C=Nn2c(=O)c(C3=NS(=O)(=O)c4ccccc4N3)c(O)c3ccccc32)cc1. The highest BCUT2D eigenvalue weighted by Crippen LogP contribution is 2.32. The summed E-state index contributed by atoms with van der Waals surface area (Å²) in [6.45, 7) is 0. The van der Waals surface area contributed by atoms with Gasteiger partial charge in [0, 0.05) is 5.39 Å². The molecule has 5 rings (SSSR count). The number of nitrogens with one attached hydrogen (secondary N) is 1. The molecule has 3 aromatic carbocycles. The average molecular weight is 474 g/mol. The molecule has 2 heterocycles. The van der Waals surface area contributed by atoms with Crippen molar-refractivity contribution in [2.24, 2.45) is 9.50 Å². The third-order valence-corrected chi connectivity index (χ3v) is 6.67. The van der Waals surface area contributed by atoms with E-state index in [0.717, 1.165) is 4.68 Å². The van der Waals surface area contributed by atoms with Crippen LogP contribution in [0.15, 0.2) is 92.0 Å². The summed E-state index contributed by atoms with van der Waals surface area (Å²) < 4.78 is 35.5. The molecule has 4 aromatic rings. The van der Waals surface area contributed by atoms with E-state index in [1.165, 1.54) is 12.3 Å². The van der Waals surface area contributed by atoms with Gasteiger partial charge in [-0.1, -0.05) is 24.3 Å². The molecule has 1 aliphatic heterocycles. The van der Waals surface area contributed by atoms with Gasteiger partial charge in [0.15, 0.2) is 5.84 Å². The van der Waals surface area contributed by atoms with Crippen LogP contribution in [0.2, 0.25) is 0 Å². The molecule has 0 saturated heterocycles. The minimum Gasteiger partial charge on any atom is -0.506 e. The third-order valence-electron chi connectivity index (χ3n) is 5.33. The Balaban J connectivity index is 1.71. The van der Waals surface area contributed by atoms with Gasteiger partial charge < -0.3 is 15.2 Å². The quantitative estimate of drug-likeness (QED) is 0.438. The topological polar surface area (TPSA) is 122 Å². The van der Waals surface area contributed by atoms with Crippen molar-refractivity contribution in [1.29, 1.82) is 0 Å². The third kappa shape index (κ3) is 3.59. The molecule has 0 bridgehead atoms. The lowest BCUT2D eigenvalue weighted by molar-refractivity contribution is 0.415. The van der Waals surface area contributed by atoms with Gasteiger partial charge in [-0.2, -0.15) is 18.2 Å². The smallest absolute Gasteiger partial charge is 0.286 e. The molecule has 9 nitrogen and oxygen atoms in total. The fourth-order valence-electron chi connectivity index (χ4n) is 3.68. The van der Waals surface area contributed by atoms with Crippen molar-refractivity contribution in [3.8, 4) is 11.5 Å². The molecule has 170 valence electrons. The van der Waals surface area contributed by atoms with Crippen LogP contribution in [0.25, 0.3) is 10.9 Å². The van der Waals surface area contributed by atoms with Crippen LogP contribution in [0.4, 0.5) is 5.69 Å². The summed E-state index contributed by atoms with van der Waals surface area (Å²) in [5.74, 6) is 0.00670. The van der Waals surface area contributed by atoms with E-state index in [2.05, 4.69) is 14.8 Å². The average Bonchev–Trinajstić information content (AvgIpc) is 2.84. The van der Waals surface area contributed by atoms with Crippen molar-refractivity contribution >= 4 is 38.7 Å². The number of rotatable bonds is 4. The number of aromatic hydroxyl groups is 1. The van der Waals surface area contributed by atoms with Crippen LogP contribution < -0.4 is 15.6 Å². The minimum absolute atomic E-state index is 0.0168. The predicted molar refractivity (Wildman–Crippen MR) is 130 cm³/mol. The molecule has 2 N–H and O–H groups in total. The molecular formula is C24H18N4O5S. The number of hydrogen-bond acceptors (Lipinski definition) is 7. The fourth-order valence-corrected chi connectivity index (χ4v) is 4.80. The first-order chi connectivity index (χ1) is 16.4. The number of pyridine rings is 1.